The summed E-state index contributed by atoms with van der Waals surface area (Å²) in [6.07, 6.45) is 0.359. The standard InChI is InChI=1S/C14H24N4O3/c1-10(2)21-14-11(15)4-5-12(18-14)16-7-6-13(19)17-8-9-20-3/h4-5,10H,6-9,15H2,1-3H3,(H,16,18)(H,17,19). The van der Waals surface area contributed by atoms with Crippen LogP contribution in [0.3, 0.4) is 0 Å². The van der Waals surface area contributed by atoms with E-state index in [2.05, 4.69) is 15.6 Å². The van der Waals surface area contributed by atoms with Crippen molar-refractivity contribution >= 4 is 17.4 Å². The molecule has 0 atom stereocenters. The first kappa shape index (κ1) is 17.0. The third kappa shape index (κ3) is 6.80. The van der Waals surface area contributed by atoms with E-state index < -0.39 is 0 Å². The number of hydrogen-bond donors (Lipinski definition) is 3. The van der Waals surface area contributed by atoms with Crippen LogP contribution in [-0.2, 0) is 9.53 Å². The minimum absolute atomic E-state index is 0.00149. The van der Waals surface area contributed by atoms with Crippen LogP contribution in [0.25, 0.3) is 0 Å². The number of ether oxygens (including phenoxy) is 2. The normalized spacial score (nSPS) is 10.5. The van der Waals surface area contributed by atoms with E-state index in [1.165, 1.54) is 0 Å². The van der Waals surface area contributed by atoms with Crippen molar-refractivity contribution in [3.05, 3.63) is 12.1 Å². The number of carbonyl (C=O) groups is 1. The van der Waals surface area contributed by atoms with Gasteiger partial charge in [0.2, 0.25) is 11.8 Å². The van der Waals surface area contributed by atoms with Crippen molar-refractivity contribution in [2.45, 2.75) is 26.4 Å². The van der Waals surface area contributed by atoms with Gasteiger partial charge in [-0.25, -0.2) is 0 Å². The van der Waals surface area contributed by atoms with Crippen LogP contribution in [0, 0.1) is 0 Å². The van der Waals surface area contributed by atoms with Crippen LogP contribution in [0.5, 0.6) is 5.88 Å². The summed E-state index contributed by atoms with van der Waals surface area (Å²) in [4.78, 5) is 15.8. The molecule has 118 valence electrons. The Hall–Kier alpha value is -2.02. The van der Waals surface area contributed by atoms with Crippen LogP contribution in [0.1, 0.15) is 20.3 Å². The fourth-order valence-corrected chi connectivity index (χ4v) is 1.55. The summed E-state index contributed by atoms with van der Waals surface area (Å²) in [5.74, 6) is 0.998. The second-order valence-electron chi connectivity index (χ2n) is 4.78. The molecule has 0 radical (unpaired) electrons. The van der Waals surface area contributed by atoms with Crippen molar-refractivity contribution in [3.63, 3.8) is 0 Å². The van der Waals surface area contributed by atoms with Gasteiger partial charge in [-0.1, -0.05) is 0 Å². The van der Waals surface area contributed by atoms with Crippen molar-refractivity contribution < 1.29 is 14.3 Å². The lowest BCUT2D eigenvalue weighted by Gasteiger charge is -2.13. The van der Waals surface area contributed by atoms with Gasteiger partial charge in [0.15, 0.2) is 0 Å². The molecule has 0 saturated carbocycles. The predicted octanol–water partition coefficient (Wildman–Crippen LogP) is 1.02. The highest BCUT2D eigenvalue weighted by molar-refractivity contribution is 5.76. The van der Waals surface area contributed by atoms with Crippen molar-refractivity contribution in [1.29, 1.82) is 0 Å². The number of nitrogen functional groups attached to an aromatic ring is 1. The zero-order valence-corrected chi connectivity index (χ0v) is 12.8. The van der Waals surface area contributed by atoms with Gasteiger partial charge in [0.1, 0.15) is 5.82 Å². The first-order valence-corrected chi connectivity index (χ1v) is 6.95. The van der Waals surface area contributed by atoms with Crippen molar-refractivity contribution in [1.82, 2.24) is 10.3 Å². The Balaban J connectivity index is 2.39. The molecular formula is C14H24N4O3. The molecule has 0 aliphatic rings. The number of amides is 1. The molecule has 0 saturated heterocycles. The Kier molecular flexibility index (Phi) is 7.31. The lowest BCUT2D eigenvalue weighted by molar-refractivity contribution is -0.121. The molecule has 0 aliphatic carbocycles. The highest BCUT2D eigenvalue weighted by Gasteiger charge is 2.07. The average Bonchev–Trinajstić information content (AvgIpc) is 2.42. The number of hydrogen-bond acceptors (Lipinski definition) is 6. The minimum atomic E-state index is -0.0337. The first-order valence-electron chi connectivity index (χ1n) is 6.95. The molecule has 1 rings (SSSR count). The maximum absolute atomic E-state index is 11.5. The molecule has 0 aliphatic heterocycles. The van der Waals surface area contributed by atoms with E-state index in [1.807, 2.05) is 13.8 Å². The van der Waals surface area contributed by atoms with E-state index >= 15 is 0 Å². The summed E-state index contributed by atoms with van der Waals surface area (Å²) < 4.78 is 10.4. The number of nitrogens with zero attached hydrogens (tertiary/aromatic N) is 1. The lowest BCUT2D eigenvalue weighted by atomic mass is 10.3. The lowest BCUT2D eigenvalue weighted by Crippen LogP contribution is -2.28. The Morgan fingerprint density at radius 2 is 2.14 bits per heavy atom. The topological polar surface area (TPSA) is 98.5 Å². The van der Waals surface area contributed by atoms with Crippen LogP contribution in [0.15, 0.2) is 12.1 Å². The van der Waals surface area contributed by atoms with E-state index in [-0.39, 0.29) is 12.0 Å². The molecule has 0 bridgehead atoms. The monoisotopic (exact) mass is 296 g/mol. The van der Waals surface area contributed by atoms with E-state index in [0.717, 1.165) is 0 Å². The summed E-state index contributed by atoms with van der Waals surface area (Å²) in [5.41, 5.74) is 6.28. The summed E-state index contributed by atoms with van der Waals surface area (Å²) in [6, 6.07) is 3.48. The van der Waals surface area contributed by atoms with E-state index in [4.69, 9.17) is 15.2 Å². The van der Waals surface area contributed by atoms with Crippen molar-refractivity contribution in [3.8, 4) is 5.88 Å². The number of nitrogens with two attached hydrogens (primary N) is 1. The second kappa shape index (κ2) is 9.02. The quantitative estimate of drug-likeness (QED) is 0.588. The molecule has 1 aromatic heterocycles. The Morgan fingerprint density at radius 1 is 1.38 bits per heavy atom. The summed E-state index contributed by atoms with van der Waals surface area (Å²) in [5, 5.41) is 5.82. The van der Waals surface area contributed by atoms with Gasteiger partial charge in [-0.05, 0) is 26.0 Å². The van der Waals surface area contributed by atoms with Crippen molar-refractivity contribution in [2.24, 2.45) is 0 Å². The molecule has 21 heavy (non-hydrogen) atoms. The fourth-order valence-electron chi connectivity index (χ4n) is 1.55. The Morgan fingerprint density at radius 3 is 2.81 bits per heavy atom. The van der Waals surface area contributed by atoms with Crippen LogP contribution in [0.4, 0.5) is 11.5 Å². The number of pyridine rings is 1. The summed E-state index contributed by atoms with van der Waals surface area (Å²) >= 11 is 0. The highest BCUT2D eigenvalue weighted by Crippen LogP contribution is 2.21. The van der Waals surface area contributed by atoms with Gasteiger partial charge < -0.3 is 25.8 Å². The molecular weight excluding hydrogens is 272 g/mol. The van der Waals surface area contributed by atoms with Gasteiger partial charge in [0.05, 0.1) is 18.4 Å². The van der Waals surface area contributed by atoms with Crippen LogP contribution >= 0.6 is 0 Å². The van der Waals surface area contributed by atoms with Crippen LogP contribution in [0.2, 0.25) is 0 Å². The van der Waals surface area contributed by atoms with Gasteiger partial charge in [-0.3, -0.25) is 4.79 Å². The third-order valence-corrected chi connectivity index (χ3v) is 2.52. The average molecular weight is 296 g/mol. The molecule has 4 N–H and O–H groups in total. The zero-order valence-electron chi connectivity index (χ0n) is 12.8. The van der Waals surface area contributed by atoms with Crippen LogP contribution in [-0.4, -0.2) is 43.8 Å². The molecule has 1 aromatic rings. The van der Waals surface area contributed by atoms with E-state index in [9.17, 15) is 4.79 Å². The molecule has 0 unspecified atom stereocenters. The number of carbonyl (C=O) groups excluding carboxylic acids is 1. The highest BCUT2D eigenvalue weighted by atomic mass is 16.5. The van der Waals surface area contributed by atoms with E-state index in [1.54, 1.807) is 19.2 Å². The van der Waals surface area contributed by atoms with Crippen molar-refractivity contribution in [2.75, 3.05) is 37.9 Å². The van der Waals surface area contributed by atoms with Gasteiger partial charge in [0, 0.05) is 26.6 Å². The molecule has 1 amide bonds. The van der Waals surface area contributed by atoms with Gasteiger partial charge >= 0.3 is 0 Å². The van der Waals surface area contributed by atoms with Gasteiger partial charge in [-0.15, -0.1) is 0 Å². The molecule has 7 nitrogen and oxygen atoms in total. The fraction of sp³-hybridized carbons (Fsp3) is 0.571. The number of methoxy groups -OCH3 is 1. The summed E-state index contributed by atoms with van der Waals surface area (Å²) in [6.45, 7) is 5.32. The Labute approximate surface area is 125 Å². The maximum atomic E-state index is 11.5. The SMILES string of the molecule is COCCNC(=O)CCNc1ccc(N)c(OC(C)C)n1. The largest absolute Gasteiger partial charge is 0.473 e. The smallest absolute Gasteiger partial charge is 0.239 e. The number of aromatic nitrogens is 1. The first-order chi connectivity index (χ1) is 10.0. The zero-order chi connectivity index (χ0) is 15.7. The molecule has 0 spiro atoms. The predicted molar refractivity (Wildman–Crippen MR) is 82.4 cm³/mol. The molecule has 0 aromatic carbocycles. The third-order valence-electron chi connectivity index (χ3n) is 2.52. The summed E-state index contributed by atoms with van der Waals surface area (Å²) in [7, 11) is 1.59. The van der Waals surface area contributed by atoms with E-state index in [0.29, 0.717) is 43.5 Å². The minimum Gasteiger partial charge on any atom is -0.473 e. The molecule has 7 heteroatoms. The van der Waals surface area contributed by atoms with Crippen LogP contribution < -0.4 is 21.1 Å². The number of nitrogens with one attached hydrogen (secondary N) is 2. The Bertz CT molecular complexity index is 452. The number of rotatable bonds is 9. The maximum Gasteiger partial charge on any atom is 0.239 e. The molecule has 0 fully saturated rings. The second-order valence-corrected chi connectivity index (χ2v) is 4.78. The number of anilines is 2. The molecule has 1 heterocycles. The van der Waals surface area contributed by atoms with Gasteiger partial charge in [-0.2, -0.15) is 4.98 Å². The van der Waals surface area contributed by atoms with Gasteiger partial charge in [0.25, 0.3) is 0 Å².